The van der Waals surface area contributed by atoms with E-state index in [1.54, 1.807) is 30.3 Å². The van der Waals surface area contributed by atoms with E-state index >= 15 is 0 Å². The van der Waals surface area contributed by atoms with Gasteiger partial charge in [0.05, 0.1) is 9.95 Å². The summed E-state index contributed by atoms with van der Waals surface area (Å²) in [5.74, 6) is -1.42. The van der Waals surface area contributed by atoms with Crippen molar-refractivity contribution in [2.24, 2.45) is 0 Å². The van der Waals surface area contributed by atoms with E-state index in [0.29, 0.717) is 11.1 Å². The first-order chi connectivity index (χ1) is 9.02. The van der Waals surface area contributed by atoms with Gasteiger partial charge in [0.15, 0.2) is 5.56 Å². The van der Waals surface area contributed by atoms with Crippen LogP contribution in [0.5, 0.6) is 0 Å². The molecule has 5 nitrogen and oxygen atoms in total. The van der Waals surface area contributed by atoms with Crippen molar-refractivity contribution in [2.75, 3.05) is 0 Å². The highest BCUT2D eigenvalue weighted by molar-refractivity contribution is 6.36. The van der Waals surface area contributed by atoms with Gasteiger partial charge in [-0.1, -0.05) is 41.9 Å². The average Bonchev–Trinajstić information content (AvgIpc) is 2.38. The summed E-state index contributed by atoms with van der Waals surface area (Å²) in [6.45, 7) is 0. The van der Waals surface area contributed by atoms with E-state index in [0.717, 1.165) is 6.07 Å². The molecule has 2 aromatic rings. The Kier molecular flexibility index (Phi) is 3.48. The van der Waals surface area contributed by atoms with Crippen molar-refractivity contribution in [1.82, 2.24) is 0 Å². The Morgan fingerprint density at radius 3 is 2.32 bits per heavy atom. The van der Waals surface area contributed by atoms with Crippen LogP contribution in [0.15, 0.2) is 42.5 Å². The molecule has 0 spiro atoms. The van der Waals surface area contributed by atoms with E-state index in [2.05, 4.69) is 0 Å². The molecule has 0 amide bonds. The van der Waals surface area contributed by atoms with Crippen LogP contribution in [-0.4, -0.2) is 16.0 Å². The van der Waals surface area contributed by atoms with Gasteiger partial charge in [0.1, 0.15) is 0 Å². The number of nitrogens with zero attached hydrogens (tertiary/aromatic N) is 1. The van der Waals surface area contributed by atoms with Crippen LogP contribution in [0.2, 0.25) is 5.02 Å². The van der Waals surface area contributed by atoms with Crippen molar-refractivity contribution < 1.29 is 14.8 Å². The van der Waals surface area contributed by atoms with Gasteiger partial charge in [0, 0.05) is 11.6 Å². The number of carboxylic acids is 1. The topological polar surface area (TPSA) is 80.4 Å². The Morgan fingerprint density at radius 2 is 1.79 bits per heavy atom. The number of carbonyl (C=O) groups is 1. The van der Waals surface area contributed by atoms with Crippen molar-refractivity contribution in [3.05, 3.63) is 63.2 Å². The van der Waals surface area contributed by atoms with Gasteiger partial charge in [-0.3, -0.25) is 10.1 Å². The van der Waals surface area contributed by atoms with Crippen LogP contribution in [0, 0.1) is 10.1 Å². The second kappa shape index (κ2) is 5.07. The molecule has 96 valence electrons. The van der Waals surface area contributed by atoms with Gasteiger partial charge in [-0.25, -0.2) is 4.79 Å². The fourth-order valence-electron chi connectivity index (χ4n) is 1.76. The predicted octanol–water partition coefficient (Wildman–Crippen LogP) is 3.61. The lowest BCUT2D eigenvalue weighted by atomic mass is 10.0. The maximum Gasteiger partial charge on any atom is 0.344 e. The number of benzene rings is 2. The van der Waals surface area contributed by atoms with Gasteiger partial charge < -0.3 is 5.11 Å². The van der Waals surface area contributed by atoms with Crippen LogP contribution in [0.3, 0.4) is 0 Å². The molecule has 2 rings (SSSR count). The standard InChI is InChI=1S/C13H8ClNO4/c14-12-9(8-4-2-1-3-5-8)6-7-10(15(18)19)11(12)13(16)17/h1-7H,(H,16,17). The van der Waals surface area contributed by atoms with Crippen molar-refractivity contribution in [3.8, 4) is 11.1 Å². The molecular formula is C13H8ClNO4. The Hall–Kier alpha value is -2.40. The lowest BCUT2D eigenvalue weighted by Crippen LogP contribution is -2.04. The van der Waals surface area contributed by atoms with Crippen LogP contribution in [-0.2, 0) is 0 Å². The van der Waals surface area contributed by atoms with Crippen molar-refractivity contribution in [1.29, 1.82) is 0 Å². The fraction of sp³-hybridized carbons (Fsp3) is 0. The summed E-state index contributed by atoms with van der Waals surface area (Å²) in [6, 6.07) is 11.4. The molecule has 2 aromatic carbocycles. The molecule has 0 fully saturated rings. The molecular weight excluding hydrogens is 270 g/mol. The predicted molar refractivity (Wildman–Crippen MR) is 70.5 cm³/mol. The highest BCUT2D eigenvalue weighted by atomic mass is 35.5. The smallest absolute Gasteiger partial charge is 0.344 e. The van der Waals surface area contributed by atoms with Gasteiger partial charge in [0.2, 0.25) is 0 Å². The van der Waals surface area contributed by atoms with Crippen molar-refractivity contribution in [3.63, 3.8) is 0 Å². The summed E-state index contributed by atoms with van der Waals surface area (Å²) < 4.78 is 0. The molecule has 6 heteroatoms. The number of carboxylic acid groups (broad SMARTS) is 1. The first kappa shape index (κ1) is 13.0. The molecule has 0 saturated carbocycles. The molecule has 0 radical (unpaired) electrons. The number of nitro benzene ring substituents is 1. The minimum absolute atomic E-state index is 0.132. The van der Waals surface area contributed by atoms with E-state index in [9.17, 15) is 14.9 Å². The molecule has 0 saturated heterocycles. The zero-order valence-electron chi connectivity index (χ0n) is 9.54. The minimum Gasteiger partial charge on any atom is -0.477 e. The van der Waals surface area contributed by atoms with E-state index in [4.69, 9.17) is 16.7 Å². The number of hydrogen-bond donors (Lipinski definition) is 1. The highest BCUT2D eigenvalue weighted by Gasteiger charge is 2.25. The minimum atomic E-state index is -1.42. The Morgan fingerprint density at radius 1 is 1.16 bits per heavy atom. The second-order valence-corrected chi connectivity index (χ2v) is 4.13. The van der Waals surface area contributed by atoms with E-state index in [1.807, 2.05) is 0 Å². The molecule has 0 bridgehead atoms. The lowest BCUT2D eigenvalue weighted by molar-refractivity contribution is -0.385. The molecule has 1 N–H and O–H groups in total. The Labute approximate surface area is 113 Å². The van der Waals surface area contributed by atoms with Crippen LogP contribution in [0.25, 0.3) is 11.1 Å². The number of rotatable bonds is 3. The molecule has 19 heavy (non-hydrogen) atoms. The monoisotopic (exact) mass is 277 g/mol. The summed E-state index contributed by atoms with van der Waals surface area (Å²) in [5.41, 5.74) is 0.139. The molecule has 0 unspecified atom stereocenters. The first-order valence-electron chi connectivity index (χ1n) is 5.28. The largest absolute Gasteiger partial charge is 0.477 e. The maximum atomic E-state index is 11.1. The van der Waals surface area contributed by atoms with E-state index in [-0.39, 0.29) is 5.02 Å². The van der Waals surface area contributed by atoms with Gasteiger partial charge >= 0.3 is 5.97 Å². The third-order valence-corrected chi connectivity index (χ3v) is 3.01. The van der Waals surface area contributed by atoms with Crippen LogP contribution < -0.4 is 0 Å². The van der Waals surface area contributed by atoms with Gasteiger partial charge in [-0.15, -0.1) is 0 Å². The number of hydrogen-bond acceptors (Lipinski definition) is 3. The zero-order chi connectivity index (χ0) is 14.0. The van der Waals surface area contributed by atoms with Gasteiger partial charge in [0.25, 0.3) is 5.69 Å². The Bertz CT molecular complexity index is 655. The molecule has 0 aliphatic rings. The lowest BCUT2D eigenvalue weighted by Gasteiger charge is -2.07. The molecule has 0 aliphatic carbocycles. The highest BCUT2D eigenvalue weighted by Crippen LogP contribution is 2.35. The second-order valence-electron chi connectivity index (χ2n) is 3.75. The van der Waals surface area contributed by atoms with E-state index in [1.165, 1.54) is 6.07 Å². The zero-order valence-corrected chi connectivity index (χ0v) is 10.3. The average molecular weight is 278 g/mol. The van der Waals surface area contributed by atoms with Crippen LogP contribution in [0.4, 0.5) is 5.69 Å². The quantitative estimate of drug-likeness (QED) is 0.686. The maximum absolute atomic E-state index is 11.1. The molecule has 0 aliphatic heterocycles. The molecule has 0 atom stereocenters. The van der Waals surface area contributed by atoms with Crippen LogP contribution in [0.1, 0.15) is 10.4 Å². The number of nitro groups is 1. The SMILES string of the molecule is O=C(O)c1c([N+](=O)[O-])ccc(-c2ccccc2)c1Cl. The number of halogens is 1. The third kappa shape index (κ3) is 2.41. The summed E-state index contributed by atoms with van der Waals surface area (Å²) in [4.78, 5) is 21.2. The summed E-state index contributed by atoms with van der Waals surface area (Å²) in [6.07, 6.45) is 0. The fourth-order valence-corrected chi connectivity index (χ4v) is 2.11. The first-order valence-corrected chi connectivity index (χ1v) is 5.65. The van der Waals surface area contributed by atoms with Gasteiger partial charge in [-0.2, -0.15) is 0 Å². The third-order valence-electron chi connectivity index (χ3n) is 2.62. The molecule has 0 aromatic heterocycles. The van der Waals surface area contributed by atoms with Crippen molar-refractivity contribution >= 4 is 23.3 Å². The molecule has 0 heterocycles. The van der Waals surface area contributed by atoms with E-state index < -0.39 is 22.1 Å². The summed E-state index contributed by atoms with van der Waals surface area (Å²) >= 11 is 6.00. The number of aromatic carboxylic acids is 1. The normalized spacial score (nSPS) is 10.2. The van der Waals surface area contributed by atoms with Crippen LogP contribution >= 0.6 is 11.6 Å². The van der Waals surface area contributed by atoms with Crippen molar-refractivity contribution in [2.45, 2.75) is 0 Å². The summed E-state index contributed by atoms with van der Waals surface area (Å²) in [7, 11) is 0. The summed E-state index contributed by atoms with van der Waals surface area (Å²) in [5, 5.41) is 19.8. The van der Waals surface area contributed by atoms with Gasteiger partial charge in [-0.05, 0) is 11.6 Å². The Balaban J connectivity index is 2.71.